The molecule has 0 bridgehead atoms. The molecule has 0 saturated heterocycles. The Morgan fingerprint density at radius 3 is 2.26 bits per heavy atom. The minimum Gasteiger partial charge on any atom is -0.493 e. The zero-order valence-electron chi connectivity index (χ0n) is 18.8. The first kappa shape index (κ1) is 20.9. The van der Waals surface area contributed by atoms with Crippen LogP contribution in [-0.4, -0.2) is 32.0 Å². The number of H-pyrrole nitrogens is 1. The number of benzene rings is 4. The quantitative estimate of drug-likeness (QED) is 0.229. The summed E-state index contributed by atoms with van der Waals surface area (Å²) in [5.74, 6) is 1.65. The van der Waals surface area contributed by atoms with Crippen molar-refractivity contribution >= 4 is 38.4 Å². The summed E-state index contributed by atoms with van der Waals surface area (Å²) in [5.41, 5.74) is 0.651. The second-order valence-corrected chi connectivity index (χ2v) is 7.98. The van der Waals surface area contributed by atoms with Crippen LogP contribution in [0.1, 0.15) is 10.4 Å². The van der Waals surface area contributed by atoms with Crippen LogP contribution in [0.4, 0.5) is 0 Å². The second kappa shape index (κ2) is 7.95. The molecule has 2 heterocycles. The number of hydrogen-bond acceptors (Lipinski definition) is 7. The molecule has 0 aliphatic carbocycles. The molecule has 35 heavy (non-hydrogen) atoms. The largest absolute Gasteiger partial charge is 0.493 e. The maximum absolute atomic E-state index is 13.2. The second-order valence-electron chi connectivity index (χ2n) is 7.98. The van der Waals surface area contributed by atoms with Crippen molar-refractivity contribution < 1.29 is 28.5 Å². The summed E-state index contributed by atoms with van der Waals surface area (Å²) in [7, 11) is 2.99. The van der Waals surface area contributed by atoms with Crippen LogP contribution in [0.5, 0.6) is 28.7 Å². The molecule has 1 aliphatic rings. The predicted octanol–water partition coefficient (Wildman–Crippen LogP) is 4.80. The van der Waals surface area contributed by atoms with E-state index in [1.807, 2.05) is 6.07 Å². The highest BCUT2D eigenvalue weighted by atomic mass is 16.7. The Morgan fingerprint density at radius 2 is 1.54 bits per heavy atom. The summed E-state index contributed by atoms with van der Waals surface area (Å²) in [5, 5.41) is 2.87. The summed E-state index contributed by atoms with van der Waals surface area (Å²) >= 11 is 0. The lowest BCUT2D eigenvalue weighted by Crippen LogP contribution is -2.11. The van der Waals surface area contributed by atoms with Crippen molar-refractivity contribution in [2.24, 2.45) is 0 Å². The summed E-state index contributed by atoms with van der Waals surface area (Å²) in [6, 6.07) is 17.5. The van der Waals surface area contributed by atoms with Crippen LogP contribution in [0.15, 0.2) is 65.5 Å². The first-order valence-electron chi connectivity index (χ1n) is 10.8. The fourth-order valence-electron chi connectivity index (χ4n) is 4.50. The van der Waals surface area contributed by atoms with E-state index in [2.05, 4.69) is 4.98 Å². The molecule has 174 valence electrons. The van der Waals surface area contributed by atoms with Gasteiger partial charge in [0.1, 0.15) is 5.75 Å². The van der Waals surface area contributed by atoms with E-state index < -0.39 is 5.97 Å². The average Bonchev–Trinajstić information content (AvgIpc) is 3.35. The van der Waals surface area contributed by atoms with Crippen LogP contribution in [0.3, 0.4) is 0 Å². The number of fused-ring (bicyclic) bond motifs is 6. The van der Waals surface area contributed by atoms with Gasteiger partial charge in [0.05, 0.1) is 30.7 Å². The number of ether oxygens (including phenoxy) is 5. The van der Waals surface area contributed by atoms with Gasteiger partial charge >= 0.3 is 5.97 Å². The third-order valence-corrected chi connectivity index (χ3v) is 6.11. The molecular weight excluding hydrogens is 450 g/mol. The standard InChI is InChI=1S/C27H19NO7/c1-31-19-9-8-15-17-11-20(35-27(30)14-6-4-3-5-7-14)16-10-21-22(34-13-33-21)12-18(16)24(17)28-26(29)23(15)25(19)32-2/h3-12H,13H2,1-2H3,(H,28,29). The van der Waals surface area contributed by atoms with Crippen LogP contribution in [0, 0.1) is 0 Å². The molecule has 0 saturated carbocycles. The molecule has 4 aromatic carbocycles. The number of nitrogens with one attached hydrogen (secondary N) is 1. The molecule has 0 unspecified atom stereocenters. The number of esters is 1. The van der Waals surface area contributed by atoms with Crippen molar-refractivity contribution in [3.05, 3.63) is 76.6 Å². The van der Waals surface area contributed by atoms with Crippen molar-refractivity contribution in [1.29, 1.82) is 0 Å². The number of carbonyl (C=O) groups excluding carboxylic acids is 1. The minimum absolute atomic E-state index is 0.0825. The average molecular weight is 469 g/mol. The first-order valence-corrected chi connectivity index (χ1v) is 10.8. The highest BCUT2D eigenvalue weighted by Gasteiger charge is 2.22. The molecule has 0 radical (unpaired) electrons. The lowest BCUT2D eigenvalue weighted by Gasteiger charge is -2.15. The minimum atomic E-state index is -0.503. The van der Waals surface area contributed by atoms with Gasteiger partial charge in [0.2, 0.25) is 6.79 Å². The Balaban J connectivity index is 1.69. The maximum atomic E-state index is 13.2. The van der Waals surface area contributed by atoms with Gasteiger partial charge in [0.25, 0.3) is 5.56 Å². The van der Waals surface area contributed by atoms with E-state index in [1.165, 1.54) is 14.2 Å². The topological polar surface area (TPSA) is 96.1 Å². The van der Waals surface area contributed by atoms with Gasteiger partial charge in [-0.05, 0) is 42.5 Å². The van der Waals surface area contributed by atoms with Gasteiger partial charge in [-0.2, -0.15) is 0 Å². The zero-order valence-corrected chi connectivity index (χ0v) is 18.8. The van der Waals surface area contributed by atoms with Crippen LogP contribution >= 0.6 is 0 Å². The number of rotatable bonds is 4. The molecule has 8 heteroatoms. The molecule has 5 aromatic rings. The van der Waals surface area contributed by atoms with E-state index in [4.69, 9.17) is 23.7 Å². The predicted molar refractivity (Wildman–Crippen MR) is 130 cm³/mol. The highest BCUT2D eigenvalue weighted by molar-refractivity contribution is 6.18. The van der Waals surface area contributed by atoms with E-state index in [-0.39, 0.29) is 12.4 Å². The van der Waals surface area contributed by atoms with E-state index in [1.54, 1.807) is 54.6 Å². The number of aromatic nitrogens is 1. The third kappa shape index (κ3) is 3.22. The number of carbonyl (C=O) groups is 1. The van der Waals surface area contributed by atoms with Crippen LogP contribution < -0.4 is 29.2 Å². The smallest absolute Gasteiger partial charge is 0.343 e. The fraction of sp³-hybridized carbons (Fsp3) is 0.111. The summed E-state index contributed by atoms with van der Waals surface area (Å²) in [6.07, 6.45) is 0. The molecule has 0 atom stereocenters. The fourth-order valence-corrected chi connectivity index (χ4v) is 4.50. The van der Waals surface area contributed by atoms with Crippen molar-refractivity contribution in [1.82, 2.24) is 4.98 Å². The molecule has 0 spiro atoms. The van der Waals surface area contributed by atoms with Gasteiger partial charge in [-0.3, -0.25) is 4.79 Å². The van der Waals surface area contributed by atoms with Gasteiger partial charge < -0.3 is 28.7 Å². The van der Waals surface area contributed by atoms with Gasteiger partial charge in [0, 0.05) is 21.5 Å². The maximum Gasteiger partial charge on any atom is 0.343 e. The van der Waals surface area contributed by atoms with E-state index in [9.17, 15) is 9.59 Å². The van der Waals surface area contributed by atoms with Gasteiger partial charge in [0.15, 0.2) is 23.0 Å². The molecule has 1 aliphatic heterocycles. The molecule has 1 aromatic heterocycles. The number of methoxy groups -OCH3 is 2. The van der Waals surface area contributed by atoms with Gasteiger partial charge in [-0.15, -0.1) is 0 Å². The van der Waals surface area contributed by atoms with Gasteiger partial charge in [-0.25, -0.2) is 4.79 Å². The molecule has 8 nitrogen and oxygen atoms in total. The number of aromatic amines is 1. The Bertz CT molecular complexity index is 1710. The SMILES string of the molecule is COc1ccc2c(c1OC)c(=O)[nH]c1c3cc4c(cc3c(OC(=O)c3ccccc3)cc21)OCO4. The van der Waals surface area contributed by atoms with Crippen LogP contribution in [0.2, 0.25) is 0 Å². The number of pyridine rings is 1. The van der Waals surface area contributed by atoms with Crippen LogP contribution in [-0.2, 0) is 0 Å². The lowest BCUT2D eigenvalue weighted by molar-refractivity contribution is 0.0737. The Hall–Kier alpha value is -4.72. The van der Waals surface area contributed by atoms with Crippen molar-refractivity contribution in [2.75, 3.05) is 21.0 Å². The van der Waals surface area contributed by atoms with E-state index in [0.717, 1.165) is 0 Å². The molecule has 6 rings (SSSR count). The Labute approximate surface area is 198 Å². The van der Waals surface area contributed by atoms with Gasteiger partial charge in [-0.1, -0.05) is 18.2 Å². The zero-order chi connectivity index (χ0) is 24.1. The Kier molecular flexibility index (Phi) is 4.74. The molecule has 0 amide bonds. The molecular formula is C27H19NO7. The van der Waals surface area contributed by atoms with E-state index >= 15 is 0 Å². The highest BCUT2D eigenvalue weighted by Crippen LogP contribution is 2.44. The molecule has 0 fully saturated rings. The van der Waals surface area contributed by atoms with Crippen molar-refractivity contribution in [2.45, 2.75) is 0 Å². The third-order valence-electron chi connectivity index (χ3n) is 6.11. The molecule has 1 N–H and O–H groups in total. The summed E-state index contributed by atoms with van der Waals surface area (Å²) < 4.78 is 27.9. The summed E-state index contributed by atoms with van der Waals surface area (Å²) in [4.78, 5) is 29.2. The Morgan fingerprint density at radius 1 is 0.829 bits per heavy atom. The first-order chi connectivity index (χ1) is 17.1. The van der Waals surface area contributed by atoms with Crippen LogP contribution in [0.25, 0.3) is 32.4 Å². The normalized spacial score (nSPS) is 12.3. The monoisotopic (exact) mass is 469 g/mol. The lowest BCUT2D eigenvalue weighted by atomic mass is 9.99. The number of hydrogen-bond donors (Lipinski definition) is 1. The summed E-state index contributed by atoms with van der Waals surface area (Å²) in [6.45, 7) is 0.0825. The van der Waals surface area contributed by atoms with Crippen molar-refractivity contribution in [3.8, 4) is 28.7 Å². The van der Waals surface area contributed by atoms with E-state index in [0.29, 0.717) is 66.8 Å². The van der Waals surface area contributed by atoms with Crippen molar-refractivity contribution in [3.63, 3.8) is 0 Å².